The Morgan fingerprint density at radius 1 is 1.53 bits per heavy atom. The number of imidazole rings is 1. The molecule has 1 N–H and O–H groups in total. The highest BCUT2D eigenvalue weighted by atomic mass is 16.5. The van der Waals surface area contributed by atoms with Gasteiger partial charge >= 0.3 is 0 Å². The zero-order valence-corrected chi connectivity index (χ0v) is 12.7. The molecule has 1 saturated heterocycles. The Labute approximate surface area is 116 Å². The highest BCUT2D eigenvalue weighted by Crippen LogP contribution is 2.30. The van der Waals surface area contributed by atoms with Crippen molar-refractivity contribution in [1.29, 1.82) is 0 Å². The molecule has 1 atom stereocenters. The normalized spacial score (nSPS) is 22.0. The van der Waals surface area contributed by atoms with Crippen molar-refractivity contribution in [3.05, 3.63) is 17.7 Å². The Morgan fingerprint density at radius 2 is 2.32 bits per heavy atom. The maximum absolute atomic E-state index is 6.09. The predicted octanol–water partition coefficient (Wildman–Crippen LogP) is 2.65. The second kappa shape index (κ2) is 6.06. The first kappa shape index (κ1) is 14.5. The summed E-state index contributed by atoms with van der Waals surface area (Å²) in [5.41, 5.74) is 1.30. The molecule has 4 nitrogen and oxygen atoms in total. The van der Waals surface area contributed by atoms with Gasteiger partial charge in [0.05, 0.1) is 23.9 Å². The van der Waals surface area contributed by atoms with Crippen LogP contribution in [0.1, 0.15) is 51.6 Å². The molecule has 19 heavy (non-hydrogen) atoms. The molecule has 1 aliphatic rings. The van der Waals surface area contributed by atoms with Gasteiger partial charge in [-0.3, -0.25) is 0 Å². The first-order valence-electron chi connectivity index (χ1n) is 7.41. The highest BCUT2D eigenvalue weighted by Gasteiger charge is 2.32. The molecule has 0 saturated carbocycles. The molecular formula is C15H27N3O. The summed E-state index contributed by atoms with van der Waals surface area (Å²) in [6.07, 6.45) is 5.76. The lowest BCUT2D eigenvalue weighted by atomic mass is 10.1. The third kappa shape index (κ3) is 3.80. The first-order valence-corrected chi connectivity index (χ1v) is 7.41. The van der Waals surface area contributed by atoms with Gasteiger partial charge in [0.15, 0.2) is 0 Å². The lowest BCUT2D eigenvalue weighted by molar-refractivity contribution is -0.0221. The summed E-state index contributed by atoms with van der Waals surface area (Å²) in [6.45, 7) is 11.5. The van der Waals surface area contributed by atoms with Crippen molar-refractivity contribution in [2.75, 3.05) is 6.54 Å². The van der Waals surface area contributed by atoms with Crippen LogP contribution in [0.5, 0.6) is 0 Å². The molecule has 0 spiro atoms. The minimum atomic E-state index is 0.0414. The number of ether oxygens (including phenoxy) is 1. The van der Waals surface area contributed by atoms with E-state index in [1.807, 2.05) is 6.20 Å². The molecule has 2 heterocycles. The van der Waals surface area contributed by atoms with Crippen molar-refractivity contribution in [2.24, 2.45) is 0 Å². The molecule has 2 rings (SSSR count). The third-order valence-corrected chi connectivity index (χ3v) is 3.81. The largest absolute Gasteiger partial charge is 0.370 e. The van der Waals surface area contributed by atoms with Crippen LogP contribution in [-0.4, -0.2) is 27.8 Å². The highest BCUT2D eigenvalue weighted by molar-refractivity contribution is 5.05. The molecule has 108 valence electrons. The Hall–Kier alpha value is -0.870. The first-order chi connectivity index (χ1) is 9.02. The van der Waals surface area contributed by atoms with Crippen LogP contribution >= 0.6 is 0 Å². The number of nitrogens with zero attached hydrogens (tertiary/aromatic N) is 2. The maximum atomic E-state index is 6.09. The fraction of sp³-hybridized carbons (Fsp3) is 0.800. The molecule has 1 aliphatic heterocycles. The van der Waals surface area contributed by atoms with E-state index in [1.54, 1.807) is 0 Å². The Kier molecular flexibility index (Phi) is 4.63. The van der Waals surface area contributed by atoms with Gasteiger partial charge in [-0.25, -0.2) is 4.98 Å². The average molecular weight is 265 g/mol. The Balaban J connectivity index is 1.97. The Morgan fingerprint density at radius 3 is 2.95 bits per heavy atom. The fourth-order valence-electron chi connectivity index (χ4n) is 2.71. The van der Waals surface area contributed by atoms with Gasteiger partial charge in [-0.05, 0) is 46.6 Å². The van der Waals surface area contributed by atoms with Gasteiger partial charge in [0, 0.05) is 12.7 Å². The zero-order valence-electron chi connectivity index (χ0n) is 12.7. The summed E-state index contributed by atoms with van der Waals surface area (Å²) in [5.74, 6) is 1.08. The van der Waals surface area contributed by atoms with Crippen molar-refractivity contribution >= 4 is 0 Å². The van der Waals surface area contributed by atoms with E-state index in [-0.39, 0.29) is 5.60 Å². The Bertz CT molecular complexity index is 412. The van der Waals surface area contributed by atoms with E-state index >= 15 is 0 Å². The SMILES string of the molecule is CCCNCc1cnc(C)n1CC1CCC(C)(C)O1. The summed E-state index contributed by atoms with van der Waals surface area (Å²) >= 11 is 0. The summed E-state index contributed by atoms with van der Waals surface area (Å²) in [5, 5.41) is 3.44. The van der Waals surface area contributed by atoms with Gasteiger partial charge < -0.3 is 14.6 Å². The molecule has 1 aromatic heterocycles. The average Bonchev–Trinajstić information content (AvgIpc) is 2.86. The molecular weight excluding hydrogens is 238 g/mol. The van der Waals surface area contributed by atoms with Crippen molar-refractivity contribution in [1.82, 2.24) is 14.9 Å². The molecule has 1 aromatic rings. The van der Waals surface area contributed by atoms with E-state index in [0.717, 1.165) is 44.7 Å². The number of nitrogens with one attached hydrogen (secondary N) is 1. The number of hydrogen-bond acceptors (Lipinski definition) is 3. The summed E-state index contributed by atoms with van der Waals surface area (Å²) in [4.78, 5) is 4.44. The van der Waals surface area contributed by atoms with Gasteiger partial charge in [0.25, 0.3) is 0 Å². The number of rotatable bonds is 6. The van der Waals surface area contributed by atoms with Crippen molar-refractivity contribution < 1.29 is 4.74 Å². The van der Waals surface area contributed by atoms with Crippen LogP contribution in [0.4, 0.5) is 0 Å². The second-order valence-corrected chi connectivity index (χ2v) is 6.12. The molecule has 0 aliphatic carbocycles. The van der Waals surface area contributed by atoms with Crippen LogP contribution in [0.2, 0.25) is 0 Å². The van der Waals surface area contributed by atoms with Crippen LogP contribution in [-0.2, 0) is 17.8 Å². The summed E-state index contributed by atoms with van der Waals surface area (Å²) in [6, 6.07) is 0. The molecule has 0 bridgehead atoms. The molecule has 4 heteroatoms. The molecule has 0 radical (unpaired) electrons. The van der Waals surface area contributed by atoms with Crippen LogP contribution in [0.25, 0.3) is 0 Å². The standard InChI is InChI=1S/C15H27N3O/c1-5-8-16-9-13-10-17-12(2)18(13)11-14-6-7-15(3,4)19-14/h10,14,16H,5-9,11H2,1-4H3. The van der Waals surface area contributed by atoms with E-state index in [9.17, 15) is 0 Å². The van der Waals surface area contributed by atoms with Crippen molar-refractivity contribution in [2.45, 2.75) is 71.8 Å². The fourth-order valence-corrected chi connectivity index (χ4v) is 2.71. The van der Waals surface area contributed by atoms with E-state index in [4.69, 9.17) is 4.74 Å². The molecule has 1 fully saturated rings. The van der Waals surface area contributed by atoms with E-state index in [2.05, 4.69) is 42.6 Å². The lowest BCUT2D eigenvalue weighted by Gasteiger charge is -2.21. The minimum Gasteiger partial charge on any atom is -0.370 e. The monoisotopic (exact) mass is 265 g/mol. The van der Waals surface area contributed by atoms with E-state index < -0.39 is 0 Å². The molecule has 1 unspecified atom stereocenters. The van der Waals surface area contributed by atoms with E-state index in [0.29, 0.717) is 6.10 Å². The zero-order chi connectivity index (χ0) is 13.9. The van der Waals surface area contributed by atoms with Gasteiger partial charge in [0.2, 0.25) is 0 Å². The molecule has 0 aromatic carbocycles. The minimum absolute atomic E-state index is 0.0414. The number of aryl methyl sites for hydroxylation is 1. The van der Waals surface area contributed by atoms with Crippen molar-refractivity contribution in [3.63, 3.8) is 0 Å². The maximum Gasteiger partial charge on any atom is 0.105 e. The van der Waals surface area contributed by atoms with Gasteiger partial charge in [0.1, 0.15) is 5.82 Å². The number of aromatic nitrogens is 2. The predicted molar refractivity (Wildman–Crippen MR) is 77.1 cm³/mol. The molecule has 0 amide bonds. The second-order valence-electron chi connectivity index (χ2n) is 6.12. The van der Waals surface area contributed by atoms with Crippen LogP contribution in [0.15, 0.2) is 6.20 Å². The van der Waals surface area contributed by atoms with E-state index in [1.165, 1.54) is 5.69 Å². The smallest absolute Gasteiger partial charge is 0.105 e. The number of hydrogen-bond donors (Lipinski definition) is 1. The van der Waals surface area contributed by atoms with Gasteiger partial charge in [-0.15, -0.1) is 0 Å². The van der Waals surface area contributed by atoms with Crippen LogP contribution in [0, 0.1) is 6.92 Å². The van der Waals surface area contributed by atoms with Gasteiger partial charge in [-0.2, -0.15) is 0 Å². The van der Waals surface area contributed by atoms with Crippen molar-refractivity contribution in [3.8, 4) is 0 Å². The topological polar surface area (TPSA) is 39.1 Å². The quantitative estimate of drug-likeness (QED) is 0.804. The van der Waals surface area contributed by atoms with Gasteiger partial charge in [-0.1, -0.05) is 6.92 Å². The summed E-state index contributed by atoms with van der Waals surface area (Å²) < 4.78 is 8.39. The van der Waals surface area contributed by atoms with Crippen LogP contribution in [0.3, 0.4) is 0 Å². The van der Waals surface area contributed by atoms with Crippen LogP contribution < -0.4 is 5.32 Å². The summed E-state index contributed by atoms with van der Waals surface area (Å²) in [7, 11) is 0. The third-order valence-electron chi connectivity index (χ3n) is 3.81. The lowest BCUT2D eigenvalue weighted by Crippen LogP contribution is -2.25.